The van der Waals surface area contributed by atoms with E-state index in [0.717, 1.165) is 6.07 Å². The van der Waals surface area contributed by atoms with Crippen molar-refractivity contribution in [2.75, 3.05) is 0 Å². The van der Waals surface area contributed by atoms with Gasteiger partial charge in [-0.2, -0.15) is 13.2 Å². The summed E-state index contributed by atoms with van der Waals surface area (Å²) in [5.41, 5.74) is -1.23. The molecule has 0 bridgehead atoms. The molecule has 2 N–H and O–H groups in total. The lowest BCUT2D eigenvalue weighted by atomic mass is 9.85. The third kappa shape index (κ3) is 3.47. The molecule has 1 aromatic rings. The fourth-order valence-electron chi connectivity index (χ4n) is 1.79. The van der Waals surface area contributed by atoms with Crippen LogP contribution in [0.2, 0.25) is 0 Å². The van der Waals surface area contributed by atoms with Gasteiger partial charge in [0, 0.05) is 0 Å². The number of aliphatic hydroxyl groups excluding tert-OH is 1. The molecule has 106 valence electrons. The number of carboxylic acids is 1. The lowest BCUT2D eigenvalue weighted by Crippen LogP contribution is -2.25. The van der Waals surface area contributed by atoms with E-state index in [1.807, 2.05) is 0 Å². The van der Waals surface area contributed by atoms with E-state index in [9.17, 15) is 23.1 Å². The number of hydrogen-bond donors (Lipinski definition) is 2. The minimum absolute atomic E-state index is 0.296. The van der Waals surface area contributed by atoms with E-state index in [4.69, 9.17) is 5.11 Å². The van der Waals surface area contributed by atoms with Crippen LogP contribution in [0.5, 0.6) is 0 Å². The first kappa shape index (κ1) is 15.5. The molecule has 0 aromatic heterocycles. The first-order chi connectivity index (χ1) is 8.66. The van der Waals surface area contributed by atoms with E-state index in [-0.39, 0.29) is 5.56 Å². The standard InChI is InChI=1S/C13H15F3O3/c1-7(8(2)12(18)19)11(17)9-5-3-4-6-10(9)13(14,15)16/h3-8,11,17H,1-2H3,(H,18,19). The molecule has 3 nitrogen and oxygen atoms in total. The molecular formula is C13H15F3O3. The predicted molar refractivity (Wildman–Crippen MR) is 62.4 cm³/mol. The largest absolute Gasteiger partial charge is 0.481 e. The Labute approximate surface area is 108 Å². The fraction of sp³-hybridized carbons (Fsp3) is 0.462. The first-order valence-corrected chi connectivity index (χ1v) is 5.73. The topological polar surface area (TPSA) is 57.5 Å². The van der Waals surface area contributed by atoms with E-state index in [1.54, 1.807) is 0 Å². The van der Waals surface area contributed by atoms with Gasteiger partial charge in [0.05, 0.1) is 17.6 Å². The lowest BCUT2D eigenvalue weighted by Gasteiger charge is -2.25. The molecule has 0 aliphatic carbocycles. The van der Waals surface area contributed by atoms with Gasteiger partial charge in [0.25, 0.3) is 0 Å². The third-order valence-electron chi connectivity index (χ3n) is 3.26. The maximum atomic E-state index is 12.8. The van der Waals surface area contributed by atoms with Crippen molar-refractivity contribution in [1.29, 1.82) is 0 Å². The maximum absolute atomic E-state index is 12.8. The number of carboxylic acid groups (broad SMARTS) is 1. The summed E-state index contributed by atoms with van der Waals surface area (Å²) in [6.07, 6.45) is -6.06. The molecule has 0 heterocycles. The first-order valence-electron chi connectivity index (χ1n) is 5.73. The monoisotopic (exact) mass is 276 g/mol. The molecule has 0 radical (unpaired) electrons. The molecule has 0 aliphatic heterocycles. The second kappa shape index (κ2) is 5.61. The zero-order valence-corrected chi connectivity index (χ0v) is 10.5. The molecule has 3 unspecified atom stereocenters. The van der Waals surface area contributed by atoms with Crippen molar-refractivity contribution in [2.24, 2.45) is 11.8 Å². The van der Waals surface area contributed by atoms with Crippen LogP contribution in [-0.4, -0.2) is 16.2 Å². The molecule has 0 aliphatic rings. The average Bonchev–Trinajstić information content (AvgIpc) is 2.35. The Bertz CT molecular complexity index is 457. The summed E-state index contributed by atoms with van der Waals surface area (Å²) in [5, 5.41) is 18.8. The Kier molecular flexibility index (Phi) is 4.57. The Morgan fingerprint density at radius 1 is 1.21 bits per heavy atom. The summed E-state index contributed by atoms with van der Waals surface area (Å²) in [7, 11) is 0. The van der Waals surface area contributed by atoms with Crippen LogP contribution in [0.1, 0.15) is 31.1 Å². The highest BCUT2D eigenvalue weighted by atomic mass is 19.4. The number of hydrogen-bond acceptors (Lipinski definition) is 2. The van der Waals surface area contributed by atoms with Gasteiger partial charge < -0.3 is 10.2 Å². The number of aliphatic hydroxyl groups is 1. The smallest absolute Gasteiger partial charge is 0.416 e. The van der Waals surface area contributed by atoms with E-state index in [0.29, 0.717) is 0 Å². The van der Waals surface area contributed by atoms with Crippen molar-refractivity contribution in [3.8, 4) is 0 Å². The molecule has 0 spiro atoms. The summed E-state index contributed by atoms with van der Waals surface area (Å²) in [5.74, 6) is -2.94. The van der Waals surface area contributed by atoms with Gasteiger partial charge in [0.2, 0.25) is 0 Å². The minimum Gasteiger partial charge on any atom is -0.481 e. The Balaban J connectivity index is 3.13. The van der Waals surface area contributed by atoms with Crippen molar-refractivity contribution in [2.45, 2.75) is 26.1 Å². The number of rotatable bonds is 4. The third-order valence-corrected chi connectivity index (χ3v) is 3.26. The number of halogens is 3. The fourth-order valence-corrected chi connectivity index (χ4v) is 1.79. The van der Waals surface area contributed by atoms with Crippen LogP contribution in [-0.2, 0) is 11.0 Å². The van der Waals surface area contributed by atoms with Crippen molar-refractivity contribution < 1.29 is 28.2 Å². The molecule has 0 saturated heterocycles. The second-order valence-corrected chi connectivity index (χ2v) is 4.52. The molecule has 0 fully saturated rings. The summed E-state index contributed by atoms with van der Waals surface area (Å²) in [4.78, 5) is 10.8. The molecular weight excluding hydrogens is 261 g/mol. The molecule has 19 heavy (non-hydrogen) atoms. The summed E-state index contributed by atoms with van der Waals surface area (Å²) in [6, 6.07) is 4.64. The second-order valence-electron chi connectivity index (χ2n) is 4.52. The number of carbonyl (C=O) groups is 1. The van der Waals surface area contributed by atoms with Gasteiger partial charge in [0.1, 0.15) is 0 Å². The molecule has 6 heteroatoms. The van der Waals surface area contributed by atoms with Crippen LogP contribution in [0.4, 0.5) is 13.2 Å². The van der Waals surface area contributed by atoms with Gasteiger partial charge in [0.15, 0.2) is 0 Å². The Hall–Kier alpha value is -1.56. The zero-order valence-electron chi connectivity index (χ0n) is 10.5. The lowest BCUT2D eigenvalue weighted by molar-refractivity contribution is -0.144. The molecule has 1 rings (SSSR count). The van der Waals surface area contributed by atoms with E-state index in [1.165, 1.54) is 32.0 Å². The van der Waals surface area contributed by atoms with Gasteiger partial charge in [-0.05, 0) is 17.5 Å². The van der Waals surface area contributed by atoms with Gasteiger partial charge in [-0.25, -0.2) is 0 Å². The van der Waals surface area contributed by atoms with Crippen LogP contribution < -0.4 is 0 Å². The van der Waals surface area contributed by atoms with E-state index < -0.39 is 35.6 Å². The van der Waals surface area contributed by atoms with E-state index in [2.05, 4.69) is 0 Å². The molecule has 1 aromatic carbocycles. The maximum Gasteiger partial charge on any atom is 0.416 e. The van der Waals surface area contributed by atoms with Crippen LogP contribution in [0, 0.1) is 11.8 Å². The predicted octanol–water partition coefficient (Wildman–Crippen LogP) is 3.10. The van der Waals surface area contributed by atoms with E-state index >= 15 is 0 Å². The highest BCUT2D eigenvalue weighted by molar-refractivity contribution is 5.70. The van der Waals surface area contributed by atoms with Crippen molar-refractivity contribution in [1.82, 2.24) is 0 Å². The molecule has 0 amide bonds. The van der Waals surface area contributed by atoms with Crippen LogP contribution in [0.25, 0.3) is 0 Å². The Morgan fingerprint density at radius 3 is 2.21 bits per heavy atom. The zero-order chi connectivity index (χ0) is 14.8. The van der Waals surface area contributed by atoms with Gasteiger partial charge in [-0.1, -0.05) is 32.0 Å². The van der Waals surface area contributed by atoms with Crippen LogP contribution in [0.3, 0.4) is 0 Å². The Morgan fingerprint density at radius 2 is 1.74 bits per heavy atom. The quantitative estimate of drug-likeness (QED) is 0.888. The number of benzene rings is 1. The normalized spacial score (nSPS) is 16.7. The van der Waals surface area contributed by atoms with Crippen molar-refractivity contribution in [3.63, 3.8) is 0 Å². The van der Waals surface area contributed by atoms with Gasteiger partial charge in [-0.3, -0.25) is 4.79 Å². The average molecular weight is 276 g/mol. The minimum atomic E-state index is -4.58. The highest BCUT2D eigenvalue weighted by Crippen LogP contribution is 2.38. The highest BCUT2D eigenvalue weighted by Gasteiger charge is 2.37. The molecule has 0 saturated carbocycles. The molecule has 3 atom stereocenters. The summed E-state index contributed by atoms with van der Waals surface area (Å²) in [6.45, 7) is 2.77. The number of aliphatic carboxylic acids is 1. The number of alkyl halides is 3. The van der Waals surface area contributed by atoms with Gasteiger partial charge >= 0.3 is 12.1 Å². The van der Waals surface area contributed by atoms with Crippen molar-refractivity contribution >= 4 is 5.97 Å². The van der Waals surface area contributed by atoms with Crippen LogP contribution in [0.15, 0.2) is 24.3 Å². The van der Waals surface area contributed by atoms with Gasteiger partial charge in [-0.15, -0.1) is 0 Å². The van der Waals surface area contributed by atoms with Crippen molar-refractivity contribution in [3.05, 3.63) is 35.4 Å². The summed E-state index contributed by atoms with van der Waals surface area (Å²) < 4.78 is 38.4. The summed E-state index contributed by atoms with van der Waals surface area (Å²) >= 11 is 0. The van der Waals surface area contributed by atoms with Crippen LogP contribution >= 0.6 is 0 Å². The SMILES string of the molecule is CC(C(=O)O)C(C)C(O)c1ccccc1C(F)(F)F.